The zero-order valence-corrected chi connectivity index (χ0v) is 23.7. The van der Waals surface area contributed by atoms with Gasteiger partial charge in [-0.25, -0.2) is 12.8 Å². The van der Waals surface area contributed by atoms with Crippen molar-refractivity contribution in [2.45, 2.75) is 57.7 Å². The van der Waals surface area contributed by atoms with Crippen molar-refractivity contribution in [2.24, 2.45) is 0 Å². The summed E-state index contributed by atoms with van der Waals surface area (Å²) in [5.41, 5.74) is 2.78. The Morgan fingerprint density at radius 1 is 0.950 bits per heavy atom. The third-order valence-corrected chi connectivity index (χ3v) is 8.36. The smallest absolute Gasteiger partial charge is 0.244 e. The van der Waals surface area contributed by atoms with E-state index in [4.69, 9.17) is 0 Å². The quantitative estimate of drug-likeness (QED) is 0.368. The van der Waals surface area contributed by atoms with Crippen LogP contribution in [0.15, 0.2) is 78.9 Å². The van der Waals surface area contributed by atoms with E-state index in [-0.39, 0.29) is 30.6 Å². The van der Waals surface area contributed by atoms with E-state index in [0.29, 0.717) is 0 Å². The maximum absolute atomic E-state index is 14.0. The molecule has 1 aliphatic carbocycles. The maximum atomic E-state index is 14.0. The molecule has 0 heterocycles. The molecule has 3 aromatic rings. The van der Waals surface area contributed by atoms with Crippen LogP contribution < -0.4 is 9.62 Å². The summed E-state index contributed by atoms with van der Waals surface area (Å²) in [6.45, 7) is 1.49. The van der Waals surface area contributed by atoms with Crippen molar-refractivity contribution in [3.63, 3.8) is 0 Å². The molecular weight excluding hydrogens is 529 g/mol. The van der Waals surface area contributed by atoms with Gasteiger partial charge in [-0.2, -0.15) is 0 Å². The van der Waals surface area contributed by atoms with E-state index in [1.165, 1.54) is 23.1 Å². The Morgan fingerprint density at radius 3 is 2.25 bits per heavy atom. The number of nitrogens with zero attached hydrogens (tertiary/aromatic N) is 2. The molecule has 0 aliphatic heterocycles. The monoisotopic (exact) mass is 565 g/mol. The van der Waals surface area contributed by atoms with Gasteiger partial charge in [-0.1, -0.05) is 79.1 Å². The Labute approximate surface area is 236 Å². The fourth-order valence-corrected chi connectivity index (χ4v) is 5.90. The number of nitrogens with one attached hydrogen (secondary N) is 1. The molecule has 0 saturated heterocycles. The van der Waals surface area contributed by atoms with Gasteiger partial charge in [0.2, 0.25) is 21.8 Å². The van der Waals surface area contributed by atoms with Crippen LogP contribution in [0.3, 0.4) is 0 Å². The van der Waals surface area contributed by atoms with Gasteiger partial charge in [0.25, 0.3) is 0 Å². The molecule has 0 radical (unpaired) electrons. The number of halogens is 1. The van der Waals surface area contributed by atoms with Crippen LogP contribution in [0.25, 0.3) is 0 Å². The minimum Gasteiger partial charge on any atom is -0.352 e. The molecule has 0 spiro atoms. The first-order valence-electron chi connectivity index (χ1n) is 13.5. The van der Waals surface area contributed by atoms with Gasteiger partial charge in [0.15, 0.2) is 0 Å². The molecule has 1 atom stereocenters. The van der Waals surface area contributed by atoms with Crippen molar-refractivity contribution in [3.8, 4) is 0 Å². The number of rotatable bonds is 11. The number of hydrogen-bond donors (Lipinski definition) is 1. The van der Waals surface area contributed by atoms with Crippen LogP contribution in [0.5, 0.6) is 0 Å². The van der Waals surface area contributed by atoms with Crippen LogP contribution in [-0.2, 0) is 32.6 Å². The van der Waals surface area contributed by atoms with Crippen molar-refractivity contribution in [3.05, 3.63) is 101 Å². The molecule has 1 fully saturated rings. The molecule has 3 aromatic carbocycles. The predicted molar refractivity (Wildman–Crippen MR) is 155 cm³/mol. The summed E-state index contributed by atoms with van der Waals surface area (Å²) in [5, 5.41) is 3.14. The molecule has 0 bridgehead atoms. The Hall–Kier alpha value is -3.72. The van der Waals surface area contributed by atoms with Crippen molar-refractivity contribution in [1.29, 1.82) is 0 Å². The van der Waals surface area contributed by atoms with Crippen LogP contribution in [0.2, 0.25) is 0 Å². The highest BCUT2D eigenvalue weighted by atomic mass is 32.2. The maximum Gasteiger partial charge on any atom is 0.244 e. The van der Waals surface area contributed by atoms with Gasteiger partial charge in [-0.15, -0.1) is 0 Å². The topological polar surface area (TPSA) is 86.8 Å². The molecule has 1 N–H and O–H groups in total. The Balaban J connectivity index is 1.72. The lowest BCUT2D eigenvalue weighted by Crippen LogP contribution is -2.54. The fraction of sp³-hybridized carbons (Fsp3) is 0.355. The van der Waals surface area contributed by atoms with Crippen molar-refractivity contribution >= 4 is 27.5 Å². The fourth-order valence-electron chi connectivity index (χ4n) is 5.06. The average molecular weight is 566 g/mol. The number of carbonyl (C=O) groups excluding carboxylic acids is 2. The summed E-state index contributed by atoms with van der Waals surface area (Å²) in [4.78, 5) is 29.3. The summed E-state index contributed by atoms with van der Waals surface area (Å²) < 4.78 is 40.5. The predicted octanol–water partition coefficient (Wildman–Crippen LogP) is 4.60. The summed E-state index contributed by atoms with van der Waals surface area (Å²) >= 11 is 0. The average Bonchev–Trinajstić information content (AvgIpc) is 3.43. The van der Waals surface area contributed by atoms with E-state index in [9.17, 15) is 22.4 Å². The first-order valence-corrected chi connectivity index (χ1v) is 15.4. The van der Waals surface area contributed by atoms with Crippen LogP contribution in [0, 0.1) is 12.7 Å². The number of benzene rings is 3. The SMILES string of the molecule is Cc1ccc(CN(C(=O)CN(c2cccc(F)c2)S(C)(=O)=O)[C@@H](Cc2ccccc2)C(=O)NC2CCCC2)cc1. The van der Waals surface area contributed by atoms with Gasteiger partial charge in [-0.05, 0) is 49.1 Å². The normalized spacial score (nSPS) is 14.5. The Kier molecular flexibility index (Phi) is 9.58. The van der Waals surface area contributed by atoms with Crippen LogP contribution in [0.4, 0.5) is 10.1 Å². The van der Waals surface area contributed by atoms with Gasteiger partial charge in [0.1, 0.15) is 18.4 Å². The van der Waals surface area contributed by atoms with E-state index < -0.39 is 34.3 Å². The summed E-state index contributed by atoms with van der Waals surface area (Å²) in [5.74, 6) is -1.45. The highest BCUT2D eigenvalue weighted by Crippen LogP contribution is 2.22. The molecule has 0 aromatic heterocycles. The second kappa shape index (κ2) is 13.1. The standard InChI is InChI=1S/C31H36FN3O4S/c1-23-15-17-25(18-16-23)21-34(30(36)22-35(40(2,38)39)28-14-8-11-26(32)20-28)29(19-24-9-4-3-5-10-24)31(37)33-27-12-6-7-13-27/h3-5,8-11,14-18,20,27,29H,6-7,12-13,19,21-22H2,1-2H3,(H,33,37)/t29-/m0/s1. The second-order valence-electron chi connectivity index (χ2n) is 10.5. The minimum absolute atomic E-state index is 0.0427. The Bertz CT molecular complexity index is 1410. The lowest BCUT2D eigenvalue weighted by Gasteiger charge is -2.34. The molecule has 9 heteroatoms. The Morgan fingerprint density at radius 2 is 1.62 bits per heavy atom. The van der Waals surface area contributed by atoms with Crippen molar-refractivity contribution in [1.82, 2.24) is 10.2 Å². The molecule has 1 aliphatic rings. The second-order valence-corrected chi connectivity index (χ2v) is 12.4. The van der Waals surface area contributed by atoms with Gasteiger partial charge >= 0.3 is 0 Å². The highest BCUT2D eigenvalue weighted by molar-refractivity contribution is 7.92. The van der Waals surface area contributed by atoms with Gasteiger partial charge < -0.3 is 10.2 Å². The molecule has 0 unspecified atom stereocenters. The lowest BCUT2D eigenvalue weighted by molar-refractivity contribution is -0.140. The number of carbonyl (C=O) groups is 2. The number of hydrogen-bond acceptors (Lipinski definition) is 4. The van der Waals surface area contributed by atoms with Gasteiger partial charge in [0.05, 0.1) is 11.9 Å². The summed E-state index contributed by atoms with van der Waals surface area (Å²) in [7, 11) is -3.95. The molecule has 40 heavy (non-hydrogen) atoms. The van der Waals surface area contributed by atoms with E-state index in [1.807, 2.05) is 61.5 Å². The van der Waals surface area contributed by atoms with Crippen LogP contribution in [0.1, 0.15) is 42.4 Å². The molecule has 7 nitrogen and oxygen atoms in total. The number of aryl methyl sites for hydroxylation is 1. The van der Waals surface area contributed by atoms with E-state index in [2.05, 4.69) is 5.32 Å². The zero-order valence-electron chi connectivity index (χ0n) is 22.9. The van der Waals surface area contributed by atoms with E-state index >= 15 is 0 Å². The molecule has 2 amide bonds. The number of sulfonamides is 1. The largest absolute Gasteiger partial charge is 0.352 e. The summed E-state index contributed by atoms with van der Waals surface area (Å²) in [6.07, 6.45) is 5.09. The molecular formula is C31H36FN3O4S. The zero-order chi connectivity index (χ0) is 28.7. The first-order chi connectivity index (χ1) is 19.1. The van der Waals surface area contributed by atoms with Gasteiger partial charge in [0, 0.05) is 19.0 Å². The van der Waals surface area contributed by atoms with Crippen LogP contribution in [-0.4, -0.2) is 50.0 Å². The van der Waals surface area contributed by atoms with Gasteiger partial charge in [-0.3, -0.25) is 13.9 Å². The minimum atomic E-state index is -3.95. The molecule has 1 saturated carbocycles. The van der Waals surface area contributed by atoms with E-state index in [1.54, 1.807) is 0 Å². The first kappa shape index (κ1) is 29.3. The third kappa shape index (κ3) is 7.91. The van der Waals surface area contributed by atoms with E-state index in [0.717, 1.165) is 59.0 Å². The van der Waals surface area contributed by atoms with Crippen molar-refractivity contribution in [2.75, 3.05) is 17.1 Å². The lowest BCUT2D eigenvalue weighted by atomic mass is 10.0. The number of anilines is 1. The third-order valence-electron chi connectivity index (χ3n) is 7.22. The van der Waals surface area contributed by atoms with Crippen LogP contribution >= 0.6 is 0 Å². The number of amides is 2. The molecule has 212 valence electrons. The highest BCUT2D eigenvalue weighted by Gasteiger charge is 2.34. The molecule has 4 rings (SSSR count). The van der Waals surface area contributed by atoms with Crippen molar-refractivity contribution < 1.29 is 22.4 Å². The summed E-state index contributed by atoms with van der Waals surface area (Å²) in [6, 6.07) is 21.4.